The molecule has 2 rings (SSSR count). The van der Waals surface area contributed by atoms with E-state index in [-0.39, 0.29) is 0 Å². The van der Waals surface area contributed by atoms with Crippen molar-refractivity contribution in [3.05, 3.63) is 33.4 Å². The number of nitrogens with one attached hydrogen (secondary N) is 1. The van der Waals surface area contributed by atoms with Gasteiger partial charge >= 0.3 is 0 Å². The molecule has 1 aromatic rings. The molecular formula is C17H26INO. The Bertz CT molecular complexity index is 384. The van der Waals surface area contributed by atoms with Gasteiger partial charge < -0.3 is 10.1 Å². The molecule has 1 aliphatic rings. The molecule has 1 aromatic carbocycles. The van der Waals surface area contributed by atoms with Crippen LogP contribution < -0.4 is 5.32 Å². The third-order valence-electron chi connectivity index (χ3n) is 4.39. The smallest absolute Gasteiger partial charge is 0.0587 e. The fourth-order valence-electron chi connectivity index (χ4n) is 3.28. The van der Waals surface area contributed by atoms with Gasteiger partial charge in [0.25, 0.3) is 0 Å². The van der Waals surface area contributed by atoms with Crippen molar-refractivity contribution in [1.29, 1.82) is 0 Å². The first-order chi connectivity index (χ1) is 9.74. The quantitative estimate of drug-likeness (QED) is 0.564. The summed E-state index contributed by atoms with van der Waals surface area (Å²) in [5, 5.41) is 3.60. The van der Waals surface area contributed by atoms with Crippen LogP contribution in [-0.4, -0.2) is 26.8 Å². The molecule has 1 aliphatic carbocycles. The van der Waals surface area contributed by atoms with E-state index in [1.165, 1.54) is 47.7 Å². The molecule has 0 radical (unpaired) electrons. The molecule has 0 aromatic heterocycles. The molecule has 20 heavy (non-hydrogen) atoms. The van der Waals surface area contributed by atoms with Gasteiger partial charge in [-0.25, -0.2) is 0 Å². The number of ether oxygens (including phenoxy) is 1. The van der Waals surface area contributed by atoms with E-state index in [0.717, 1.165) is 19.7 Å². The molecule has 1 saturated carbocycles. The highest BCUT2D eigenvalue weighted by Crippen LogP contribution is 2.38. The highest BCUT2D eigenvalue weighted by atomic mass is 127. The maximum atomic E-state index is 5.13. The molecule has 0 amide bonds. The van der Waals surface area contributed by atoms with Gasteiger partial charge in [-0.3, -0.25) is 0 Å². The first-order valence-electron chi connectivity index (χ1n) is 7.68. The van der Waals surface area contributed by atoms with Crippen LogP contribution in [0.2, 0.25) is 0 Å². The summed E-state index contributed by atoms with van der Waals surface area (Å²) in [6.45, 7) is 2.90. The zero-order chi connectivity index (χ0) is 14.3. The number of rotatable bonds is 7. The molecule has 1 fully saturated rings. The summed E-state index contributed by atoms with van der Waals surface area (Å²) < 4.78 is 6.45. The van der Waals surface area contributed by atoms with Crippen LogP contribution in [0, 0.1) is 8.99 Å². The highest BCUT2D eigenvalue weighted by molar-refractivity contribution is 14.1. The standard InChI is InChI=1S/C17H26INO/c1-20-12-11-19-14-17(9-3-2-4-10-17)13-15-5-7-16(18)8-6-15/h5-8,19H,2-4,9-14H2,1H3. The van der Waals surface area contributed by atoms with Crippen LogP contribution in [0.5, 0.6) is 0 Å². The van der Waals surface area contributed by atoms with Crippen molar-refractivity contribution < 1.29 is 4.74 Å². The lowest BCUT2D eigenvalue weighted by molar-refractivity contribution is 0.162. The van der Waals surface area contributed by atoms with Crippen molar-refractivity contribution >= 4 is 22.6 Å². The molecule has 3 heteroatoms. The highest BCUT2D eigenvalue weighted by Gasteiger charge is 2.31. The number of halogens is 1. The zero-order valence-corrected chi connectivity index (χ0v) is 14.6. The summed E-state index contributed by atoms with van der Waals surface area (Å²) in [5.74, 6) is 0. The Morgan fingerprint density at radius 2 is 1.85 bits per heavy atom. The fraction of sp³-hybridized carbons (Fsp3) is 0.647. The van der Waals surface area contributed by atoms with E-state index < -0.39 is 0 Å². The number of hydrogen-bond acceptors (Lipinski definition) is 2. The summed E-state index contributed by atoms with van der Waals surface area (Å²) in [6.07, 6.45) is 8.11. The topological polar surface area (TPSA) is 21.3 Å². The Balaban J connectivity index is 1.96. The summed E-state index contributed by atoms with van der Waals surface area (Å²) in [7, 11) is 1.77. The van der Waals surface area contributed by atoms with Gasteiger partial charge in [0.2, 0.25) is 0 Å². The van der Waals surface area contributed by atoms with Gasteiger partial charge in [0.05, 0.1) is 6.61 Å². The average Bonchev–Trinajstić information content (AvgIpc) is 2.47. The van der Waals surface area contributed by atoms with Crippen molar-refractivity contribution in [2.45, 2.75) is 38.5 Å². The van der Waals surface area contributed by atoms with Gasteiger partial charge in [-0.15, -0.1) is 0 Å². The van der Waals surface area contributed by atoms with Crippen molar-refractivity contribution in [1.82, 2.24) is 5.32 Å². The third-order valence-corrected chi connectivity index (χ3v) is 5.11. The van der Waals surface area contributed by atoms with Crippen LogP contribution in [0.4, 0.5) is 0 Å². The molecule has 0 saturated heterocycles. The van der Waals surface area contributed by atoms with Gasteiger partial charge in [0.1, 0.15) is 0 Å². The Morgan fingerprint density at radius 3 is 2.50 bits per heavy atom. The van der Waals surface area contributed by atoms with Crippen molar-refractivity contribution in [3.63, 3.8) is 0 Å². The van der Waals surface area contributed by atoms with Gasteiger partial charge in [-0.2, -0.15) is 0 Å². The lowest BCUT2D eigenvalue weighted by Crippen LogP contribution is -2.39. The van der Waals surface area contributed by atoms with Crippen molar-refractivity contribution in [2.75, 3.05) is 26.8 Å². The predicted octanol–water partition coefficient (Wildman–Crippen LogP) is 4.02. The third kappa shape index (κ3) is 5.01. The van der Waals surface area contributed by atoms with Gasteiger partial charge in [0.15, 0.2) is 0 Å². The van der Waals surface area contributed by atoms with E-state index in [4.69, 9.17) is 4.74 Å². The second kappa shape index (κ2) is 8.35. The first-order valence-corrected chi connectivity index (χ1v) is 8.76. The zero-order valence-electron chi connectivity index (χ0n) is 12.5. The van der Waals surface area contributed by atoms with E-state index in [1.807, 2.05) is 0 Å². The Kier molecular flexibility index (Phi) is 6.78. The van der Waals surface area contributed by atoms with Crippen LogP contribution >= 0.6 is 22.6 Å². The van der Waals surface area contributed by atoms with Crippen LogP contribution in [-0.2, 0) is 11.2 Å². The molecule has 0 atom stereocenters. The van der Waals surface area contributed by atoms with Crippen molar-refractivity contribution in [3.8, 4) is 0 Å². The summed E-state index contributed by atoms with van der Waals surface area (Å²) in [6, 6.07) is 9.05. The maximum absolute atomic E-state index is 5.13. The fourth-order valence-corrected chi connectivity index (χ4v) is 3.64. The molecular weight excluding hydrogens is 361 g/mol. The molecule has 0 unspecified atom stereocenters. The van der Waals surface area contributed by atoms with E-state index >= 15 is 0 Å². The Hall–Kier alpha value is -0.130. The first kappa shape index (κ1) is 16.2. The van der Waals surface area contributed by atoms with Crippen LogP contribution in [0.15, 0.2) is 24.3 Å². The minimum atomic E-state index is 0.457. The molecule has 0 spiro atoms. The minimum Gasteiger partial charge on any atom is -0.383 e. The summed E-state index contributed by atoms with van der Waals surface area (Å²) in [5.41, 5.74) is 1.94. The van der Waals surface area contributed by atoms with E-state index in [0.29, 0.717) is 5.41 Å². The number of hydrogen-bond donors (Lipinski definition) is 1. The molecule has 0 heterocycles. The lowest BCUT2D eigenvalue weighted by Gasteiger charge is -2.38. The van der Waals surface area contributed by atoms with Crippen LogP contribution in [0.3, 0.4) is 0 Å². The SMILES string of the molecule is COCCNCC1(Cc2ccc(I)cc2)CCCCC1. The Morgan fingerprint density at radius 1 is 1.15 bits per heavy atom. The number of methoxy groups -OCH3 is 1. The van der Waals surface area contributed by atoms with E-state index in [9.17, 15) is 0 Å². The molecule has 2 nitrogen and oxygen atoms in total. The van der Waals surface area contributed by atoms with E-state index in [2.05, 4.69) is 52.2 Å². The second-order valence-electron chi connectivity index (χ2n) is 6.03. The maximum Gasteiger partial charge on any atom is 0.0587 e. The van der Waals surface area contributed by atoms with Gasteiger partial charge in [0, 0.05) is 23.8 Å². The summed E-state index contributed by atoms with van der Waals surface area (Å²) in [4.78, 5) is 0. The predicted molar refractivity (Wildman–Crippen MR) is 93.1 cm³/mol. The molecule has 0 aliphatic heterocycles. The van der Waals surface area contributed by atoms with Gasteiger partial charge in [-0.05, 0) is 65.0 Å². The largest absolute Gasteiger partial charge is 0.383 e. The molecule has 1 N–H and O–H groups in total. The molecule has 0 bridgehead atoms. The van der Waals surface area contributed by atoms with Crippen LogP contribution in [0.1, 0.15) is 37.7 Å². The van der Waals surface area contributed by atoms with Crippen molar-refractivity contribution in [2.24, 2.45) is 5.41 Å². The minimum absolute atomic E-state index is 0.457. The second-order valence-corrected chi connectivity index (χ2v) is 7.28. The molecule has 112 valence electrons. The van der Waals surface area contributed by atoms with Crippen LogP contribution in [0.25, 0.3) is 0 Å². The monoisotopic (exact) mass is 387 g/mol. The van der Waals surface area contributed by atoms with E-state index in [1.54, 1.807) is 7.11 Å². The Labute approximate surface area is 136 Å². The number of benzene rings is 1. The average molecular weight is 387 g/mol. The lowest BCUT2D eigenvalue weighted by atomic mass is 9.70. The summed E-state index contributed by atoms with van der Waals surface area (Å²) >= 11 is 2.38. The normalized spacial score (nSPS) is 18.1. The van der Waals surface area contributed by atoms with Gasteiger partial charge in [-0.1, -0.05) is 31.4 Å².